The molecule has 0 bridgehead atoms. The second-order valence-electron chi connectivity index (χ2n) is 4.70. The fourth-order valence-corrected chi connectivity index (χ4v) is 1.72. The molecular formula is C14H17NO5. The van der Waals surface area contributed by atoms with Gasteiger partial charge in [-0.25, -0.2) is 4.79 Å². The number of fused-ring (bicyclic) bond motifs is 1. The Morgan fingerprint density at radius 3 is 2.40 bits per heavy atom. The predicted octanol–water partition coefficient (Wildman–Crippen LogP) is 0.846. The van der Waals surface area contributed by atoms with E-state index in [1.54, 1.807) is 39.2 Å². The van der Waals surface area contributed by atoms with Gasteiger partial charge in [-0.05, 0) is 19.1 Å². The summed E-state index contributed by atoms with van der Waals surface area (Å²) in [7, 11) is 3.19. The van der Waals surface area contributed by atoms with Gasteiger partial charge in [-0.15, -0.1) is 0 Å². The SMILES string of the molecule is C[C@H]1Oc2ccccc2O[C@H]1C(=O)OCC(=O)N(C)C. The standard InChI is InChI=1S/C14H17NO5/c1-9-13(14(17)18-8-12(16)15(2)3)20-11-7-5-4-6-10(11)19-9/h4-7,9,13H,8H2,1-3H3/t9-,13-/m1/s1. The van der Waals surface area contributed by atoms with Crippen molar-refractivity contribution in [2.45, 2.75) is 19.1 Å². The van der Waals surface area contributed by atoms with Gasteiger partial charge in [0.2, 0.25) is 6.10 Å². The summed E-state index contributed by atoms with van der Waals surface area (Å²) in [6.45, 7) is 1.41. The number of ether oxygens (including phenoxy) is 3. The van der Waals surface area contributed by atoms with E-state index in [0.29, 0.717) is 11.5 Å². The molecule has 2 atom stereocenters. The average Bonchev–Trinajstić information content (AvgIpc) is 2.43. The van der Waals surface area contributed by atoms with Gasteiger partial charge >= 0.3 is 5.97 Å². The van der Waals surface area contributed by atoms with E-state index in [-0.39, 0.29) is 12.5 Å². The number of rotatable bonds is 3. The van der Waals surface area contributed by atoms with Crippen molar-refractivity contribution in [3.63, 3.8) is 0 Å². The molecule has 1 amide bonds. The van der Waals surface area contributed by atoms with E-state index in [1.807, 2.05) is 6.07 Å². The van der Waals surface area contributed by atoms with Gasteiger partial charge in [0, 0.05) is 14.1 Å². The molecule has 0 N–H and O–H groups in total. The summed E-state index contributed by atoms with van der Waals surface area (Å²) in [6.07, 6.45) is -1.35. The fourth-order valence-electron chi connectivity index (χ4n) is 1.72. The summed E-state index contributed by atoms with van der Waals surface area (Å²) in [5.74, 6) is 0.185. The number of amides is 1. The molecule has 0 saturated carbocycles. The summed E-state index contributed by atoms with van der Waals surface area (Å²) in [5.41, 5.74) is 0. The Morgan fingerprint density at radius 2 is 1.80 bits per heavy atom. The maximum atomic E-state index is 11.9. The monoisotopic (exact) mass is 279 g/mol. The van der Waals surface area contributed by atoms with Gasteiger partial charge in [-0.1, -0.05) is 12.1 Å². The highest BCUT2D eigenvalue weighted by molar-refractivity contribution is 5.82. The van der Waals surface area contributed by atoms with Gasteiger partial charge in [0.25, 0.3) is 5.91 Å². The van der Waals surface area contributed by atoms with Crippen molar-refractivity contribution in [2.75, 3.05) is 20.7 Å². The first kappa shape index (κ1) is 14.2. The number of benzene rings is 1. The highest BCUT2D eigenvalue weighted by Crippen LogP contribution is 2.33. The van der Waals surface area contributed by atoms with E-state index >= 15 is 0 Å². The molecule has 0 saturated heterocycles. The minimum Gasteiger partial charge on any atom is -0.482 e. The number of hydrogen-bond acceptors (Lipinski definition) is 5. The van der Waals surface area contributed by atoms with Crippen molar-refractivity contribution in [3.05, 3.63) is 24.3 Å². The maximum Gasteiger partial charge on any atom is 0.351 e. The van der Waals surface area contributed by atoms with E-state index in [4.69, 9.17) is 14.2 Å². The predicted molar refractivity (Wildman–Crippen MR) is 70.6 cm³/mol. The third-order valence-corrected chi connectivity index (χ3v) is 2.91. The van der Waals surface area contributed by atoms with Crippen LogP contribution in [0.1, 0.15) is 6.92 Å². The van der Waals surface area contributed by atoms with Crippen LogP contribution < -0.4 is 9.47 Å². The van der Waals surface area contributed by atoms with Crippen LogP contribution in [0.3, 0.4) is 0 Å². The Morgan fingerprint density at radius 1 is 1.20 bits per heavy atom. The summed E-state index contributed by atoms with van der Waals surface area (Å²) in [5, 5.41) is 0. The maximum absolute atomic E-state index is 11.9. The number of likely N-dealkylation sites (N-methyl/N-ethyl adjacent to an activating group) is 1. The fraction of sp³-hybridized carbons (Fsp3) is 0.429. The lowest BCUT2D eigenvalue weighted by Crippen LogP contribution is -2.45. The summed E-state index contributed by atoms with van der Waals surface area (Å²) in [6, 6.07) is 7.09. The first-order valence-corrected chi connectivity index (χ1v) is 6.28. The molecule has 20 heavy (non-hydrogen) atoms. The number of esters is 1. The highest BCUT2D eigenvalue weighted by atomic mass is 16.6. The molecule has 0 aromatic heterocycles. The Bertz CT molecular complexity index is 514. The zero-order valence-corrected chi connectivity index (χ0v) is 11.7. The molecule has 6 heteroatoms. The van der Waals surface area contributed by atoms with Gasteiger partial charge in [-0.3, -0.25) is 4.79 Å². The lowest BCUT2D eigenvalue weighted by Gasteiger charge is -2.30. The van der Waals surface area contributed by atoms with Crippen molar-refractivity contribution in [3.8, 4) is 11.5 Å². The molecule has 0 unspecified atom stereocenters. The quantitative estimate of drug-likeness (QED) is 0.767. The normalized spacial score (nSPS) is 20.1. The minimum absolute atomic E-state index is 0.289. The number of carbonyl (C=O) groups is 2. The molecule has 1 heterocycles. The van der Waals surface area contributed by atoms with Gasteiger partial charge in [0.1, 0.15) is 6.10 Å². The van der Waals surface area contributed by atoms with E-state index < -0.39 is 18.2 Å². The lowest BCUT2D eigenvalue weighted by atomic mass is 10.2. The number of carbonyl (C=O) groups excluding carboxylic acids is 2. The van der Waals surface area contributed by atoms with E-state index in [1.165, 1.54) is 4.90 Å². The zero-order valence-electron chi connectivity index (χ0n) is 11.7. The van der Waals surface area contributed by atoms with Crippen molar-refractivity contribution in [1.82, 2.24) is 4.90 Å². The highest BCUT2D eigenvalue weighted by Gasteiger charge is 2.35. The van der Waals surface area contributed by atoms with Gasteiger partial charge in [-0.2, -0.15) is 0 Å². The van der Waals surface area contributed by atoms with E-state index in [9.17, 15) is 9.59 Å². The average molecular weight is 279 g/mol. The molecule has 1 aromatic carbocycles. The second kappa shape index (κ2) is 5.81. The third kappa shape index (κ3) is 3.01. The molecule has 0 aliphatic carbocycles. The smallest absolute Gasteiger partial charge is 0.351 e. The van der Waals surface area contributed by atoms with Crippen LogP contribution in [0, 0.1) is 0 Å². The number of nitrogens with zero attached hydrogens (tertiary/aromatic N) is 1. The van der Waals surface area contributed by atoms with Crippen LogP contribution in [0.5, 0.6) is 11.5 Å². The van der Waals surface area contributed by atoms with Crippen molar-refractivity contribution < 1.29 is 23.8 Å². The van der Waals surface area contributed by atoms with Crippen LogP contribution in [-0.2, 0) is 14.3 Å². The Balaban J connectivity index is 1.99. The van der Waals surface area contributed by atoms with Crippen LogP contribution in [0.4, 0.5) is 0 Å². The Hall–Kier alpha value is -2.24. The molecule has 0 fully saturated rings. The van der Waals surface area contributed by atoms with Crippen molar-refractivity contribution in [2.24, 2.45) is 0 Å². The van der Waals surface area contributed by atoms with Gasteiger partial charge < -0.3 is 19.1 Å². The van der Waals surface area contributed by atoms with Crippen LogP contribution in [0.25, 0.3) is 0 Å². The van der Waals surface area contributed by atoms with Crippen LogP contribution >= 0.6 is 0 Å². The topological polar surface area (TPSA) is 65.1 Å². The van der Waals surface area contributed by atoms with E-state index in [0.717, 1.165) is 0 Å². The molecular weight excluding hydrogens is 262 g/mol. The van der Waals surface area contributed by atoms with Crippen LogP contribution in [-0.4, -0.2) is 49.7 Å². The molecule has 1 aliphatic rings. The number of hydrogen-bond donors (Lipinski definition) is 0. The summed E-state index contributed by atoms with van der Waals surface area (Å²) < 4.78 is 16.1. The van der Waals surface area contributed by atoms with Crippen LogP contribution in [0.2, 0.25) is 0 Å². The Labute approximate surface area is 117 Å². The largest absolute Gasteiger partial charge is 0.482 e. The molecule has 0 radical (unpaired) electrons. The second-order valence-corrected chi connectivity index (χ2v) is 4.70. The molecule has 0 spiro atoms. The third-order valence-electron chi connectivity index (χ3n) is 2.91. The molecule has 1 aromatic rings. The minimum atomic E-state index is -0.875. The summed E-state index contributed by atoms with van der Waals surface area (Å²) >= 11 is 0. The first-order chi connectivity index (χ1) is 9.49. The molecule has 108 valence electrons. The van der Waals surface area contributed by atoms with Gasteiger partial charge in [0.05, 0.1) is 0 Å². The first-order valence-electron chi connectivity index (χ1n) is 6.28. The van der Waals surface area contributed by atoms with E-state index in [2.05, 4.69) is 0 Å². The lowest BCUT2D eigenvalue weighted by molar-refractivity contribution is -0.162. The van der Waals surface area contributed by atoms with Crippen LogP contribution in [0.15, 0.2) is 24.3 Å². The zero-order chi connectivity index (χ0) is 14.7. The van der Waals surface area contributed by atoms with Crippen molar-refractivity contribution in [1.29, 1.82) is 0 Å². The Kier molecular flexibility index (Phi) is 4.12. The van der Waals surface area contributed by atoms with Crippen molar-refractivity contribution >= 4 is 11.9 Å². The molecule has 2 rings (SSSR count). The molecule has 1 aliphatic heterocycles. The summed E-state index contributed by atoms with van der Waals surface area (Å²) in [4.78, 5) is 24.7. The number of para-hydroxylation sites is 2. The molecule has 6 nitrogen and oxygen atoms in total. The van der Waals surface area contributed by atoms with Gasteiger partial charge in [0.15, 0.2) is 18.1 Å².